The van der Waals surface area contributed by atoms with Crippen molar-refractivity contribution < 1.29 is 14.0 Å². The van der Waals surface area contributed by atoms with Gasteiger partial charge >= 0.3 is 0 Å². The second-order valence-electron chi connectivity index (χ2n) is 7.69. The molecule has 4 aromatic rings. The third-order valence-electron chi connectivity index (χ3n) is 5.34. The number of carbonyl (C=O) groups excluding carboxylic acids is 2. The van der Waals surface area contributed by atoms with Crippen molar-refractivity contribution in [3.8, 4) is 0 Å². The number of rotatable bonds is 9. The number of nitrogens with one attached hydrogen (secondary N) is 4. The van der Waals surface area contributed by atoms with E-state index < -0.39 is 0 Å². The highest BCUT2D eigenvalue weighted by Gasteiger charge is 2.13. The Balaban J connectivity index is 1.29. The molecule has 1 heterocycles. The minimum absolute atomic E-state index is 0.0635. The van der Waals surface area contributed by atoms with E-state index in [9.17, 15) is 14.0 Å². The van der Waals surface area contributed by atoms with Gasteiger partial charge in [0.05, 0.1) is 17.8 Å². The summed E-state index contributed by atoms with van der Waals surface area (Å²) in [5, 5.41) is 9.89. The highest BCUT2D eigenvalue weighted by atomic mass is 19.1. The topological polar surface area (TPSA) is 86.0 Å². The number of aromatic nitrogens is 1. The van der Waals surface area contributed by atoms with Gasteiger partial charge in [0.25, 0.3) is 5.91 Å². The van der Waals surface area contributed by atoms with Gasteiger partial charge in [-0.3, -0.25) is 9.59 Å². The van der Waals surface area contributed by atoms with Crippen LogP contribution >= 0.6 is 0 Å². The number of carbonyl (C=O) groups is 2. The zero-order valence-electron chi connectivity index (χ0n) is 18.0. The van der Waals surface area contributed by atoms with E-state index in [2.05, 4.69) is 27.0 Å². The zero-order chi connectivity index (χ0) is 23.0. The lowest BCUT2D eigenvalue weighted by molar-refractivity contribution is -0.115. The van der Waals surface area contributed by atoms with E-state index in [1.807, 2.05) is 24.4 Å². The molecule has 0 bridgehead atoms. The molecule has 0 aliphatic heterocycles. The summed E-state index contributed by atoms with van der Waals surface area (Å²) in [6, 6.07) is 21.1. The molecule has 6 nitrogen and oxygen atoms in total. The monoisotopic (exact) mass is 444 g/mol. The van der Waals surface area contributed by atoms with E-state index in [0.29, 0.717) is 30.8 Å². The zero-order valence-corrected chi connectivity index (χ0v) is 18.0. The largest absolute Gasteiger partial charge is 0.361 e. The Morgan fingerprint density at radius 3 is 2.58 bits per heavy atom. The molecular weight excluding hydrogens is 419 g/mol. The number of amides is 2. The number of para-hydroxylation sites is 1. The van der Waals surface area contributed by atoms with Gasteiger partial charge in [-0.15, -0.1) is 0 Å². The summed E-state index contributed by atoms with van der Waals surface area (Å²) >= 11 is 0. The first-order valence-corrected chi connectivity index (χ1v) is 10.8. The molecule has 1 aromatic heterocycles. The summed E-state index contributed by atoms with van der Waals surface area (Å²) in [5.74, 6) is -0.809. The first-order chi connectivity index (χ1) is 16.1. The number of H-pyrrole nitrogens is 1. The van der Waals surface area contributed by atoms with Crippen molar-refractivity contribution in [1.82, 2.24) is 15.6 Å². The molecule has 0 atom stereocenters. The second kappa shape index (κ2) is 10.6. The lowest BCUT2D eigenvalue weighted by Crippen LogP contribution is -2.30. The van der Waals surface area contributed by atoms with Gasteiger partial charge in [-0.2, -0.15) is 0 Å². The van der Waals surface area contributed by atoms with Crippen molar-refractivity contribution in [3.05, 3.63) is 102 Å². The van der Waals surface area contributed by atoms with Crippen LogP contribution in [-0.2, 0) is 17.8 Å². The first kappa shape index (κ1) is 22.2. The van der Waals surface area contributed by atoms with E-state index in [4.69, 9.17) is 0 Å². The van der Waals surface area contributed by atoms with Crippen LogP contribution in [0.1, 0.15) is 21.5 Å². The molecule has 4 N–H and O–H groups in total. The predicted octanol–water partition coefficient (Wildman–Crippen LogP) is 4.01. The summed E-state index contributed by atoms with van der Waals surface area (Å²) in [5.41, 5.74) is 3.96. The Kier molecular flexibility index (Phi) is 7.12. The quantitative estimate of drug-likeness (QED) is 0.315. The third kappa shape index (κ3) is 5.84. The van der Waals surface area contributed by atoms with Crippen molar-refractivity contribution >= 4 is 28.4 Å². The molecule has 4 rings (SSSR count). The fourth-order valence-electron chi connectivity index (χ4n) is 3.68. The standard InChI is InChI=1S/C26H25FN4O2/c27-20-10-8-18(9-11-20)16-28-17-25(32)31-24-6-2-1-5-22(24)26(33)30-14-12-19-4-3-7-23-21(19)13-15-29-23/h1-11,13,15,28-29H,12,14,16-17H2,(H,30,33)(H,31,32). The van der Waals surface area contributed by atoms with Crippen LogP contribution in [0.15, 0.2) is 79.0 Å². The Labute approximate surface area is 191 Å². The van der Waals surface area contributed by atoms with E-state index in [-0.39, 0.29) is 24.2 Å². The number of halogens is 1. The van der Waals surface area contributed by atoms with Crippen molar-refractivity contribution in [2.75, 3.05) is 18.4 Å². The summed E-state index contributed by atoms with van der Waals surface area (Å²) < 4.78 is 13.0. The predicted molar refractivity (Wildman–Crippen MR) is 128 cm³/mol. The van der Waals surface area contributed by atoms with Gasteiger partial charge in [0.1, 0.15) is 5.82 Å². The minimum Gasteiger partial charge on any atom is -0.361 e. The number of aromatic amines is 1. The van der Waals surface area contributed by atoms with E-state index >= 15 is 0 Å². The lowest BCUT2D eigenvalue weighted by atomic mass is 10.1. The Morgan fingerprint density at radius 1 is 0.909 bits per heavy atom. The molecule has 0 spiro atoms. The second-order valence-corrected chi connectivity index (χ2v) is 7.69. The van der Waals surface area contributed by atoms with Crippen molar-refractivity contribution in [3.63, 3.8) is 0 Å². The fourth-order valence-corrected chi connectivity index (χ4v) is 3.68. The fraction of sp³-hybridized carbons (Fsp3) is 0.154. The molecule has 0 fully saturated rings. The summed E-state index contributed by atoms with van der Waals surface area (Å²) in [7, 11) is 0. The number of hydrogen-bond donors (Lipinski definition) is 4. The maximum absolute atomic E-state index is 13.0. The number of hydrogen-bond acceptors (Lipinski definition) is 3. The summed E-state index contributed by atoms with van der Waals surface area (Å²) in [4.78, 5) is 28.3. The smallest absolute Gasteiger partial charge is 0.253 e. The van der Waals surface area contributed by atoms with E-state index in [0.717, 1.165) is 22.0 Å². The normalized spacial score (nSPS) is 10.8. The Hall–Kier alpha value is -3.97. The maximum atomic E-state index is 13.0. The molecule has 3 aromatic carbocycles. The highest BCUT2D eigenvalue weighted by Crippen LogP contribution is 2.18. The number of anilines is 1. The van der Waals surface area contributed by atoms with Gasteiger partial charge in [0.2, 0.25) is 5.91 Å². The lowest BCUT2D eigenvalue weighted by Gasteiger charge is -2.12. The average Bonchev–Trinajstić information content (AvgIpc) is 3.30. The van der Waals surface area contributed by atoms with Crippen LogP contribution in [0.25, 0.3) is 10.9 Å². The Morgan fingerprint density at radius 2 is 1.73 bits per heavy atom. The molecule has 0 aliphatic carbocycles. The van der Waals surface area contributed by atoms with Crippen LogP contribution < -0.4 is 16.0 Å². The molecule has 7 heteroatoms. The SMILES string of the molecule is O=C(CNCc1ccc(F)cc1)Nc1ccccc1C(=O)NCCc1cccc2[nH]ccc12. The van der Waals surface area contributed by atoms with E-state index in [1.54, 1.807) is 36.4 Å². The molecule has 0 aliphatic rings. The highest BCUT2D eigenvalue weighted by molar-refractivity contribution is 6.04. The van der Waals surface area contributed by atoms with Crippen molar-refractivity contribution in [2.45, 2.75) is 13.0 Å². The number of benzene rings is 3. The van der Waals surface area contributed by atoms with Crippen LogP contribution in [-0.4, -0.2) is 29.9 Å². The van der Waals surface area contributed by atoms with Crippen LogP contribution in [0.4, 0.5) is 10.1 Å². The van der Waals surface area contributed by atoms with Crippen molar-refractivity contribution in [1.29, 1.82) is 0 Å². The molecule has 0 radical (unpaired) electrons. The molecule has 168 valence electrons. The van der Waals surface area contributed by atoms with Gasteiger partial charge in [0.15, 0.2) is 0 Å². The van der Waals surface area contributed by atoms with Gasteiger partial charge in [-0.05, 0) is 53.9 Å². The third-order valence-corrected chi connectivity index (χ3v) is 5.34. The van der Waals surface area contributed by atoms with Gasteiger partial charge in [-0.1, -0.05) is 36.4 Å². The van der Waals surface area contributed by atoms with E-state index in [1.165, 1.54) is 12.1 Å². The minimum atomic E-state index is -0.298. The van der Waals surface area contributed by atoms with Gasteiger partial charge in [-0.25, -0.2) is 4.39 Å². The molecule has 0 unspecified atom stereocenters. The van der Waals surface area contributed by atoms with Crippen molar-refractivity contribution in [2.24, 2.45) is 0 Å². The average molecular weight is 445 g/mol. The Bertz CT molecular complexity index is 1250. The molecule has 33 heavy (non-hydrogen) atoms. The number of fused-ring (bicyclic) bond motifs is 1. The summed E-state index contributed by atoms with van der Waals surface area (Å²) in [6.45, 7) is 0.975. The van der Waals surface area contributed by atoms with Crippen LogP contribution in [0.2, 0.25) is 0 Å². The van der Waals surface area contributed by atoms with Crippen LogP contribution in [0.3, 0.4) is 0 Å². The molecular formula is C26H25FN4O2. The molecule has 2 amide bonds. The maximum Gasteiger partial charge on any atom is 0.253 e. The first-order valence-electron chi connectivity index (χ1n) is 10.8. The van der Waals surface area contributed by atoms with Gasteiger partial charge in [0, 0.05) is 30.2 Å². The van der Waals surface area contributed by atoms with Crippen LogP contribution in [0.5, 0.6) is 0 Å². The summed E-state index contributed by atoms with van der Waals surface area (Å²) in [6.07, 6.45) is 2.60. The van der Waals surface area contributed by atoms with Crippen LogP contribution in [0, 0.1) is 5.82 Å². The molecule has 0 saturated heterocycles. The molecule has 0 saturated carbocycles. The van der Waals surface area contributed by atoms with Gasteiger partial charge < -0.3 is 20.9 Å².